The number of aryl methyl sites for hydroxylation is 1. The fourth-order valence-electron chi connectivity index (χ4n) is 3.99. The number of aromatic nitrogens is 4. The van der Waals surface area contributed by atoms with E-state index in [1.54, 1.807) is 12.4 Å². The van der Waals surface area contributed by atoms with Crippen LogP contribution in [0.5, 0.6) is 5.75 Å². The minimum absolute atomic E-state index is 0.300. The average Bonchev–Trinajstić information content (AvgIpc) is 3.47. The predicted octanol–water partition coefficient (Wildman–Crippen LogP) is 2.93. The van der Waals surface area contributed by atoms with Gasteiger partial charge in [0.1, 0.15) is 17.1 Å². The molecule has 1 N–H and O–H groups in total. The van der Waals surface area contributed by atoms with Crippen molar-refractivity contribution in [2.45, 2.75) is 32.2 Å². The summed E-state index contributed by atoms with van der Waals surface area (Å²) in [5.74, 6) is 0.903. The summed E-state index contributed by atoms with van der Waals surface area (Å²) in [5, 5.41) is 17.4. The summed E-state index contributed by atoms with van der Waals surface area (Å²) >= 11 is 0. The molecule has 3 heterocycles. The number of carboxylic acid groups (broad SMARTS) is 1. The minimum Gasteiger partial charge on any atom is -0.491 e. The van der Waals surface area contributed by atoms with E-state index in [9.17, 15) is 9.90 Å². The van der Waals surface area contributed by atoms with Gasteiger partial charge in [0, 0.05) is 12.1 Å². The topological polar surface area (TPSA) is 90.1 Å². The first-order valence-corrected chi connectivity index (χ1v) is 9.36. The lowest BCUT2D eigenvalue weighted by Gasteiger charge is -2.13. The third kappa shape index (κ3) is 2.93. The van der Waals surface area contributed by atoms with Gasteiger partial charge >= 0.3 is 5.97 Å². The minimum atomic E-state index is -0.710. The van der Waals surface area contributed by atoms with Crippen LogP contribution in [0.15, 0.2) is 30.6 Å². The van der Waals surface area contributed by atoms with Crippen molar-refractivity contribution < 1.29 is 14.6 Å². The van der Waals surface area contributed by atoms with Gasteiger partial charge in [-0.25, -0.2) is 4.98 Å². The Labute approximate surface area is 156 Å². The Morgan fingerprint density at radius 1 is 1.33 bits per heavy atom. The predicted molar refractivity (Wildman–Crippen MR) is 98.4 cm³/mol. The monoisotopic (exact) mass is 364 g/mol. The standard InChI is InChI=1S/C20H20N4O3/c25-20(26)15(13-2-3-13)8-12-9-16-18-17(10-12)27-7-1-6-24(18)19(23-16)14-4-5-21-22-11-14/h4-5,9-11,13,15H,1-3,6-8H2,(H,25,26)/t15-/m0/s1. The highest BCUT2D eigenvalue weighted by Crippen LogP contribution is 2.40. The number of rotatable bonds is 5. The van der Waals surface area contributed by atoms with E-state index in [1.807, 2.05) is 18.2 Å². The molecule has 1 saturated carbocycles. The summed E-state index contributed by atoms with van der Waals surface area (Å²) in [6, 6.07) is 5.91. The zero-order valence-corrected chi connectivity index (χ0v) is 14.8. The Morgan fingerprint density at radius 3 is 2.96 bits per heavy atom. The molecule has 0 radical (unpaired) electrons. The van der Waals surface area contributed by atoms with Gasteiger partial charge in [0.2, 0.25) is 0 Å². The highest BCUT2D eigenvalue weighted by Gasteiger charge is 2.36. The Balaban J connectivity index is 1.62. The summed E-state index contributed by atoms with van der Waals surface area (Å²) in [6.07, 6.45) is 6.80. The summed E-state index contributed by atoms with van der Waals surface area (Å²) in [7, 11) is 0. The Hall–Kier alpha value is -2.96. The molecule has 0 saturated heterocycles. The summed E-state index contributed by atoms with van der Waals surface area (Å²) in [6.45, 7) is 1.46. The molecule has 1 fully saturated rings. The van der Waals surface area contributed by atoms with Crippen molar-refractivity contribution in [3.63, 3.8) is 0 Å². The molecule has 2 aromatic heterocycles. The lowest BCUT2D eigenvalue weighted by atomic mass is 9.94. The second-order valence-electron chi connectivity index (χ2n) is 7.37. The van der Waals surface area contributed by atoms with E-state index < -0.39 is 5.97 Å². The number of imidazole rings is 1. The average molecular weight is 364 g/mol. The third-order valence-corrected chi connectivity index (χ3v) is 5.46. The lowest BCUT2D eigenvalue weighted by molar-refractivity contribution is -0.142. The van der Waals surface area contributed by atoms with Crippen LogP contribution in [0.3, 0.4) is 0 Å². The van der Waals surface area contributed by atoms with Gasteiger partial charge in [-0.05, 0) is 55.4 Å². The van der Waals surface area contributed by atoms with Crippen LogP contribution in [0.1, 0.15) is 24.8 Å². The van der Waals surface area contributed by atoms with Crippen LogP contribution in [0.4, 0.5) is 0 Å². The molecule has 0 unspecified atom stereocenters. The van der Waals surface area contributed by atoms with Crippen LogP contribution in [-0.4, -0.2) is 37.4 Å². The number of ether oxygens (including phenoxy) is 1. The highest BCUT2D eigenvalue weighted by molar-refractivity contribution is 5.87. The fourth-order valence-corrected chi connectivity index (χ4v) is 3.99. The SMILES string of the molecule is O=C(O)[C@@H](Cc1cc2c3c(c1)nc(-c1ccnnc1)n3CCCO2)C1CC1. The molecule has 5 rings (SSSR count). The normalized spacial score (nSPS) is 17.3. The van der Waals surface area contributed by atoms with E-state index in [0.717, 1.165) is 59.5 Å². The van der Waals surface area contributed by atoms with Crippen molar-refractivity contribution in [2.24, 2.45) is 11.8 Å². The van der Waals surface area contributed by atoms with E-state index in [2.05, 4.69) is 14.8 Å². The van der Waals surface area contributed by atoms with Crippen LogP contribution in [0.2, 0.25) is 0 Å². The highest BCUT2D eigenvalue weighted by atomic mass is 16.5. The zero-order chi connectivity index (χ0) is 18.4. The smallest absolute Gasteiger partial charge is 0.307 e. The molecule has 138 valence electrons. The van der Waals surface area contributed by atoms with Gasteiger partial charge in [0.15, 0.2) is 0 Å². The van der Waals surface area contributed by atoms with Crippen molar-refractivity contribution >= 4 is 17.0 Å². The van der Waals surface area contributed by atoms with Crippen LogP contribution < -0.4 is 4.74 Å². The molecule has 0 bridgehead atoms. The molecule has 7 heteroatoms. The van der Waals surface area contributed by atoms with Gasteiger partial charge in [-0.2, -0.15) is 10.2 Å². The molecule has 1 atom stereocenters. The van der Waals surface area contributed by atoms with E-state index in [-0.39, 0.29) is 5.92 Å². The van der Waals surface area contributed by atoms with Crippen molar-refractivity contribution in [2.75, 3.05) is 6.61 Å². The van der Waals surface area contributed by atoms with Gasteiger partial charge in [-0.15, -0.1) is 0 Å². The molecule has 1 aliphatic heterocycles. The maximum Gasteiger partial charge on any atom is 0.307 e. The molecule has 2 aliphatic rings. The van der Waals surface area contributed by atoms with Crippen molar-refractivity contribution in [1.29, 1.82) is 0 Å². The summed E-state index contributed by atoms with van der Waals surface area (Å²) < 4.78 is 8.17. The van der Waals surface area contributed by atoms with Crippen LogP contribution >= 0.6 is 0 Å². The number of benzene rings is 1. The van der Waals surface area contributed by atoms with Crippen molar-refractivity contribution in [1.82, 2.24) is 19.7 Å². The first kappa shape index (κ1) is 16.2. The molecular formula is C20H20N4O3. The van der Waals surface area contributed by atoms with Crippen LogP contribution in [0.25, 0.3) is 22.4 Å². The zero-order valence-electron chi connectivity index (χ0n) is 14.8. The quantitative estimate of drug-likeness (QED) is 0.749. The van der Waals surface area contributed by atoms with Gasteiger partial charge in [0.25, 0.3) is 0 Å². The van der Waals surface area contributed by atoms with Gasteiger partial charge in [0.05, 0.1) is 30.4 Å². The van der Waals surface area contributed by atoms with Crippen LogP contribution in [-0.2, 0) is 17.8 Å². The molecular weight excluding hydrogens is 344 g/mol. The molecule has 3 aromatic rings. The van der Waals surface area contributed by atoms with Crippen molar-refractivity contribution in [3.8, 4) is 17.1 Å². The maximum absolute atomic E-state index is 11.6. The largest absolute Gasteiger partial charge is 0.491 e. The maximum atomic E-state index is 11.6. The number of carbonyl (C=O) groups is 1. The Bertz CT molecular complexity index is 1010. The third-order valence-electron chi connectivity index (χ3n) is 5.46. The lowest BCUT2D eigenvalue weighted by Crippen LogP contribution is -2.18. The number of carboxylic acids is 1. The second kappa shape index (κ2) is 6.33. The Morgan fingerprint density at radius 2 is 2.22 bits per heavy atom. The molecule has 1 aromatic carbocycles. The number of hydrogen-bond donors (Lipinski definition) is 1. The van der Waals surface area contributed by atoms with E-state index in [1.165, 1.54) is 0 Å². The van der Waals surface area contributed by atoms with E-state index in [4.69, 9.17) is 9.72 Å². The molecule has 0 spiro atoms. The first-order valence-electron chi connectivity index (χ1n) is 9.36. The van der Waals surface area contributed by atoms with Gasteiger partial charge < -0.3 is 14.4 Å². The van der Waals surface area contributed by atoms with Gasteiger partial charge in [-0.3, -0.25) is 4.79 Å². The first-order chi connectivity index (χ1) is 13.2. The van der Waals surface area contributed by atoms with Crippen molar-refractivity contribution in [3.05, 3.63) is 36.2 Å². The summed E-state index contributed by atoms with van der Waals surface area (Å²) in [4.78, 5) is 16.5. The molecule has 27 heavy (non-hydrogen) atoms. The molecule has 1 aliphatic carbocycles. The number of hydrogen-bond acceptors (Lipinski definition) is 5. The second-order valence-corrected chi connectivity index (χ2v) is 7.37. The molecule has 0 amide bonds. The van der Waals surface area contributed by atoms with E-state index in [0.29, 0.717) is 18.9 Å². The summed E-state index contributed by atoms with van der Waals surface area (Å²) in [5.41, 5.74) is 3.71. The molecule has 7 nitrogen and oxygen atoms in total. The van der Waals surface area contributed by atoms with Crippen LogP contribution in [0, 0.1) is 11.8 Å². The van der Waals surface area contributed by atoms with E-state index >= 15 is 0 Å². The Kier molecular flexibility index (Phi) is 3.81. The van der Waals surface area contributed by atoms with Gasteiger partial charge in [-0.1, -0.05) is 0 Å². The number of aliphatic carboxylic acids is 1. The number of nitrogens with zero attached hydrogens (tertiary/aromatic N) is 4. The fraction of sp³-hybridized carbons (Fsp3) is 0.400.